The number of hydrogen-bond acceptors (Lipinski definition) is 3. The van der Waals surface area contributed by atoms with Crippen LogP contribution in [-0.2, 0) is 16.6 Å². The third-order valence-electron chi connectivity index (χ3n) is 4.24. The van der Waals surface area contributed by atoms with Gasteiger partial charge in [-0.1, -0.05) is 6.92 Å². The van der Waals surface area contributed by atoms with Crippen LogP contribution in [0.4, 0.5) is 0 Å². The van der Waals surface area contributed by atoms with Gasteiger partial charge in [-0.25, -0.2) is 8.42 Å². The summed E-state index contributed by atoms with van der Waals surface area (Å²) in [5.41, 5.74) is 0.645. The molecule has 6 heteroatoms. The molecule has 0 aromatic carbocycles. The van der Waals surface area contributed by atoms with Crippen molar-refractivity contribution in [1.29, 1.82) is 0 Å². The van der Waals surface area contributed by atoms with E-state index in [1.54, 1.807) is 16.6 Å². The summed E-state index contributed by atoms with van der Waals surface area (Å²) in [5.74, 6) is 0.582. The van der Waals surface area contributed by atoms with E-state index in [9.17, 15) is 13.5 Å². The lowest BCUT2D eigenvalue weighted by Crippen LogP contribution is -2.31. The second-order valence-electron chi connectivity index (χ2n) is 6.27. The summed E-state index contributed by atoms with van der Waals surface area (Å²) in [6.45, 7) is 7.16. The first-order chi connectivity index (χ1) is 9.86. The van der Waals surface area contributed by atoms with E-state index >= 15 is 0 Å². The molecule has 0 saturated carbocycles. The zero-order valence-electron chi connectivity index (χ0n) is 13.1. The van der Waals surface area contributed by atoms with Crippen molar-refractivity contribution in [2.45, 2.75) is 57.6 Å². The highest BCUT2D eigenvalue weighted by molar-refractivity contribution is 7.89. The summed E-state index contributed by atoms with van der Waals surface area (Å²) in [4.78, 5) is 0.301. The fourth-order valence-electron chi connectivity index (χ4n) is 2.87. The van der Waals surface area contributed by atoms with Crippen LogP contribution in [0.2, 0.25) is 0 Å². The first kappa shape index (κ1) is 16.5. The maximum absolute atomic E-state index is 12.8. The number of aliphatic hydroxyl groups is 1. The Bertz CT molecular complexity index is 578. The maximum atomic E-state index is 12.8. The minimum absolute atomic E-state index is 0.125. The minimum Gasteiger partial charge on any atom is -0.390 e. The van der Waals surface area contributed by atoms with E-state index in [0.29, 0.717) is 29.6 Å². The minimum atomic E-state index is -3.45. The van der Waals surface area contributed by atoms with Crippen molar-refractivity contribution in [2.24, 2.45) is 5.92 Å². The molecule has 0 bridgehead atoms. The van der Waals surface area contributed by atoms with Gasteiger partial charge in [-0.2, -0.15) is 4.31 Å². The van der Waals surface area contributed by atoms with Crippen molar-refractivity contribution >= 4 is 10.0 Å². The Morgan fingerprint density at radius 2 is 2.05 bits per heavy atom. The molecule has 1 aliphatic rings. The van der Waals surface area contributed by atoms with Gasteiger partial charge < -0.3 is 9.67 Å². The Labute approximate surface area is 127 Å². The van der Waals surface area contributed by atoms with Gasteiger partial charge in [0.1, 0.15) is 4.90 Å². The van der Waals surface area contributed by atoms with Crippen LogP contribution in [0.25, 0.3) is 0 Å². The standard InChI is InChI=1S/C15H26N2O3S/c1-12(2)17-10-15(9-14(17)11-18)21(19,20)16-7-4-5-13(3)6-8-16/h9-10,12-13,18H,4-8,11H2,1-3H3. The number of sulfonamides is 1. The molecule has 21 heavy (non-hydrogen) atoms. The highest BCUT2D eigenvalue weighted by Gasteiger charge is 2.28. The van der Waals surface area contributed by atoms with E-state index in [1.165, 1.54) is 0 Å². The molecule has 0 amide bonds. The molecule has 5 nitrogen and oxygen atoms in total. The van der Waals surface area contributed by atoms with Gasteiger partial charge in [0.05, 0.1) is 6.61 Å². The Balaban J connectivity index is 2.30. The van der Waals surface area contributed by atoms with Gasteiger partial charge in [0.2, 0.25) is 10.0 Å². The molecule has 1 unspecified atom stereocenters. The summed E-state index contributed by atoms with van der Waals surface area (Å²) in [6.07, 6.45) is 4.57. The molecule has 1 saturated heterocycles. The SMILES string of the molecule is CC1CCCN(S(=O)(=O)c2cc(CO)n(C(C)C)c2)CC1. The van der Waals surface area contributed by atoms with Crippen molar-refractivity contribution in [3.63, 3.8) is 0 Å². The first-order valence-corrected chi connectivity index (χ1v) is 9.12. The lowest BCUT2D eigenvalue weighted by molar-refractivity contribution is 0.268. The lowest BCUT2D eigenvalue weighted by atomic mass is 10.0. The van der Waals surface area contributed by atoms with Gasteiger partial charge in [-0.05, 0) is 45.1 Å². The Morgan fingerprint density at radius 1 is 1.33 bits per heavy atom. The molecule has 1 aromatic rings. The molecule has 1 aliphatic heterocycles. The average Bonchev–Trinajstić information content (AvgIpc) is 2.76. The molecule has 0 spiro atoms. The molecule has 0 aliphatic carbocycles. The highest BCUT2D eigenvalue weighted by atomic mass is 32.2. The third kappa shape index (κ3) is 3.49. The molecular formula is C15H26N2O3S. The van der Waals surface area contributed by atoms with Crippen LogP contribution in [0.3, 0.4) is 0 Å². The van der Waals surface area contributed by atoms with Gasteiger partial charge in [0.25, 0.3) is 0 Å². The maximum Gasteiger partial charge on any atom is 0.244 e. The lowest BCUT2D eigenvalue weighted by Gasteiger charge is -2.19. The Kier molecular flexibility index (Phi) is 5.11. The summed E-state index contributed by atoms with van der Waals surface area (Å²) >= 11 is 0. The molecule has 0 radical (unpaired) electrons. The normalized spacial score (nSPS) is 21.7. The molecule has 120 valence electrons. The molecule has 2 heterocycles. The second kappa shape index (κ2) is 6.50. The third-order valence-corrected chi connectivity index (χ3v) is 6.10. The number of nitrogens with zero attached hydrogens (tertiary/aromatic N) is 2. The zero-order chi connectivity index (χ0) is 15.6. The predicted molar refractivity (Wildman–Crippen MR) is 82.5 cm³/mol. The summed E-state index contributed by atoms with van der Waals surface area (Å²) in [5, 5.41) is 9.41. The first-order valence-electron chi connectivity index (χ1n) is 7.68. The van der Waals surface area contributed by atoms with Crippen molar-refractivity contribution in [3.8, 4) is 0 Å². The van der Waals surface area contributed by atoms with Gasteiger partial charge in [-0.15, -0.1) is 0 Å². The number of hydrogen-bond donors (Lipinski definition) is 1. The Morgan fingerprint density at radius 3 is 2.62 bits per heavy atom. The van der Waals surface area contributed by atoms with Crippen molar-refractivity contribution in [1.82, 2.24) is 8.87 Å². The molecule has 1 N–H and O–H groups in total. The van der Waals surface area contributed by atoms with E-state index in [0.717, 1.165) is 19.3 Å². The van der Waals surface area contributed by atoms with Gasteiger partial charge >= 0.3 is 0 Å². The fraction of sp³-hybridized carbons (Fsp3) is 0.733. The van der Waals surface area contributed by atoms with E-state index in [1.807, 2.05) is 18.4 Å². The number of aromatic nitrogens is 1. The van der Waals surface area contributed by atoms with Crippen LogP contribution in [0, 0.1) is 5.92 Å². The van der Waals surface area contributed by atoms with Crippen LogP contribution in [0.15, 0.2) is 17.2 Å². The van der Waals surface area contributed by atoms with E-state index in [2.05, 4.69) is 6.92 Å². The van der Waals surface area contributed by atoms with E-state index < -0.39 is 10.0 Å². The van der Waals surface area contributed by atoms with E-state index in [4.69, 9.17) is 0 Å². The smallest absolute Gasteiger partial charge is 0.244 e. The largest absolute Gasteiger partial charge is 0.390 e. The molecular weight excluding hydrogens is 288 g/mol. The quantitative estimate of drug-likeness (QED) is 0.928. The van der Waals surface area contributed by atoms with Gasteiger partial charge in [0, 0.05) is 31.0 Å². The molecule has 1 aromatic heterocycles. The second-order valence-corrected chi connectivity index (χ2v) is 8.20. The summed E-state index contributed by atoms with van der Waals surface area (Å²) in [6, 6.07) is 1.73. The highest BCUT2D eigenvalue weighted by Crippen LogP contribution is 2.25. The monoisotopic (exact) mass is 314 g/mol. The van der Waals surface area contributed by atoms with Crippen molar-refractivity contribution in [3.05, 3.63) is 18.0 Å². The topological polar surface area (TPSA) is 62.5 Å². The summed E-state index contributed by atoms with van der Waals surface area (Å²) in [7, 11) is -3.45. The van der Waals surface area contributed by atoms with Crippen LogP contribution < -0.4 is 0 Å². The Hall–Kier alpha value is -0.850. The number of aliphatic hydroxyl groups excluding tert-OH is 1. The molecule has 1 atom stereocenters. The zero-order valence-corrected chi connectivity index (χ0v) is 13.9. The van der Waals surface area contributed by atoms with Crippen LogP contribution in [0.1, 0.15) is 51.8 Å². The van der Waals surface area contributed by atoms with Gasteiger partial charge in [-0.3, -0.25) is 0 Å². The van der Waals surface area contributed by atoms with Crippen molar-refractivity contribution in [2.75, 3.05) is 13.1 Å². The van der Waals surface area contributed by atoms with E-state index in [-0.39, 0.29) is 12.6 Å². The van der Waals surface area contributed by atoms with Crippen LogP contribution in [0.5, 0.6) is 0 Å². The van der Waals surface area contributed by atoms with Crippen LogP contribution in [-0.4, -0.2) is 35.5 Å². The van der Waals surface area contributed by atoms with Gasteiger partial charge in [0.15, 0.2) is 0 Å². The average molecular weight is 314 g/mol. The van der Waals surface area contributed by atoms with Crippen LogP contribution >= 0.6 is 0 Å². The summed E-state index contributed by atoms with van der Waals surface area (Å²) < 4.78 is 29.0. The number of rotatable bonds is 4. The predicted octanol–water partition coefficient (Wildman–Crippen LogP) is 2.37. The molecule has 2 rings (SSSR count). The fourth-order valence-corrected chi connectivity index (χ4v) is 4.42. The molecule has 1 fully saturated rings. The van der Waals surface area contributed by atoms with Crippen molar-refractivity contribution < 1.29 is 13.5 Å².